The summed E-state index contributed by atoms with van der Waals surface area (Å²) in [7, 11) is 0. The molecule has 8 heteroatoms. The van der Waals surface area contributed by atoms with Crippen molar-refractivity contribution in [1.29, 1.82) is 0 Å². The number of tetrazole rings is 1. The van der Waals surface area contributed by atoms with Crippen molar-refractivity contribution in [1.82, 2.24) is 30.1 Å². The van der Waals surface area contributed by atoms with Gasteiger partial charge in [-0.25, -0.2) is 4.68 Å². The zero-order valence-electron chi connectivity index (χ0n) is 21.2. The van der Waals surface area contributed by atoms with E-state index in [1.165, 1.54) is 5.56 Å². The summed E-state index contributed by atoms with van der Waals surface area (Å²) < 4.78 is 7.96. The SMILES string of the molecule is CCc1ccc2[nH]c(=O)c(CN(CC3CCCO3)C(CC)c3nnnn3C(C)(C)CC)cc2c1. The molecule has 0 bridgehead atoms. The number of aryl methyl sites for hydroxylation is 1. The number of nitrogens with zero attached hydrogens (tertiary/aromatic N) is 5. The van der Waals surface area contributed by atoms with Crippen LogP contribution in [0, 0.1) is 0 Å². The molecule has 2 atom stereocenters. The predicted molar refractivity (Wildman–Crippen MR) is 134 cm³/mol. The smallest absolute Gasteiger partial charge is 0.252 e. The van der Waals surface area contributed by atoms with Crippen LogP contribution in [0.1, 0.15) is 83.3 Å². The lowest BCUT2D eigenvalue weighted by molar-refractivity contribution is 0.0475. The van der Waals surface area contributed by atoms with Gasteiger partial charge in [0.2, 0.25) is 0 Å². The molecule has 0 radical (unpaired) electrons. The van der Waals surface area contributed by atoms with Crippen molar-refractivity contribution >= 4 is 10.9 Å². The number of ether oxygens (including phenoxy) is 1. The topological polar surface area (TPSA) is 88.9 Å². The van der Waals surface area contributed by atoms with Crippen LogP contribution in [0.3, 0.4) is 0 Å². The molecule has 1 saturated heterocycles. The second-order valence-electron chi connectivity index (χ2n) is 10.0. The zero-order chi connectivity index (χ0) is 24.3. The molecule has 8 nitrogen and oxygen atoms in total. The largest absolute Gasteiger partial charge is 0.377 e. The third-order valence-corrected chi connectivity index (χ3v) is 7.29. The van der Waals surface area contributed by atoms with Crippen LogP contribution in [-0.4, -0.2) is 49.3 Å². The van der Waals surface area contributed by atoms with Crippen LogP contribution in [0.15, 0.2) is 29.1 Å². The molecule has 3 aromatic rings. The van der Waals surface area contributed by atoms with Crippen molar-refractivity contribution in [3.8, 4) is 0 Å². The Kier molecular flexibility index (Phi) is 7.48. The molecule has 1 aliphatic rings. The minimum Gasteiger partial charge on any atom is -0.377 e. The van der Waals surface area contributed by atoms with E-state index in [2.05, 4.69) is 72.2 Å². The number of hydrogen-bond donors (Lipinski definition) is 1. The average Bonchev–Trinajstić information content (AvgIpc) is 3.52. The van der Waals surface area contributed by atoms with E-state index in [0.29, 0.717) is 6.54 Å². The molecular formula is C26H38N6O2. The highest BCUT2D eigenvalue weighted by Crippen LogP contribution is 2.30. The fourth-order valence-electron chi connectivity index (χ4n) is 4.80. The Labute approximate surface area is 201 Å². The van der Waals surface area contributed by atoms with Crippen LogP contribution in [0.2, 0.25) is 0 Å². The Morgan fingerprint density at radius 3 is 2.76 bits per heavy atom. The van der Waals surface area contributed by atoms with Gasteiger partial charge >= 0.3 is 0 Å². The average molecular weight is 467 g/mol. The van der Waals surface area contributed by atoms with Crippen LogP contribution < -0.4 is 5.56 Å². The van der Waals surface area contributed by atoms with Crippen molar-refractivity contribution < 1.29 is 4.74 Å². The van der Waals surface area contributed by atoms with Gasteiger partial charge in [0.25, 0.3) is 5.56 Å². The van der Waals surface area contributed by atoms with E-state index in [0.717, 1.165) is 67.5 Å². The van der Waals surface area contributed by atoms with E-state index in [9.17, 15) is 4.79 Å². The van der Waals surface area contributed by atoms with Crippen molar-refractivity contribution in [3.05, 3.63) is 51.6 Å². The third kappa shape index (κ3) is 5.08. The van der Waals surface area contributed by atoms with Crippen LogP contribution in [0.25, 0.3) is 10.9 Å². The minimum absolute atomic E-state index is 0.0258. The summed E-state index contributed by atoms with van der Waals surface area (Å²) >= 11 is 0. The molecule has 1 aromatic carbocycles. The lowest BCUT2D eigenvalue weighted by Gasteiger charge is -2.34. The predicted octanol–water partition coefficient (Wildman–Crippen LogP) is 4.35. The molecule has 4 rings (SSSR count). The Hall–Kier alpha value is -2.58. The van der Waals surface area contributed by atoms with Gasteiger partial charge in [0.05, 0.1) is 17.7 Å². The zero-order valence-corrected chi connectivity index (χ0v) is 21.2. The Balaban J connectivity index is 1.72. The number of rotatable bonds is 10. The number of aromatic amines is 1. The molecule has 1 fully saturated rings. The Morgan fingerprint density at radius 2 is 2.09 bits per heavy atom. The highest BCUT2D eigenvalue weighted by molar-refractivity contribution is 5.79. The van der Waals surface area contributed by atoms with E-state index in [1.807, 2.05) is 16.8 Å². The second kappa shape index (κ2) is 10.4. The molecule has 1 N–H and O–H groups in total. The molecule has 34 heavy (non-hydrogen) atoms. The van der Waals surface area contributed by atoms with Crippen molar-refractivity contribution in [2.75, 3.05) is 13.2 Å². The van der Waals surface area contributed by atoms with E-state index < -0.39 is 0 Å². The number of hydrogen-bond acceptors (Lipinski definition) is 6. The molecule has 0 spiro atoms. The lowest BCUT2D eigenvalue weighted by Crippen LogP contribution is -2.39. The number of benzene rings is 1. The first-order valence-electron chi connectivity index (χ1n) is 12.7. The molecule has 1 aliphatic heterocycles. The van der Waals surface area contributed by atoms with Crippen molar-refractivity contribution in [3.63, 3.8) is 0 Å². The number of aromatic nitrogens is 5. The van der Waals surface area contributed by atoms with Gasteiger partial charge < -0.3 is 9.72 Å². The number of pyridine rings is 1. The van der Waals surface area contributed by atoms with E-state index in [1.54, 1.807) is 0 Å². The van der Waals surface area contributed by atoms with E-state index in [-0.39, 0.29) is 23.2 Å². The summed E-state index contributed by atoms with van der Waals surface area (Å²) in [6, 6.07) is 8.26. The number of H-pyrrole nitrogens is 1. The fraction of sp³-hybridized carbons (Fsp3) is 0.615. The molecule has 2 unspecified atom stereocenters. The Morgan fingerprint density at radius 1 is 1.26 bits per heavy atom. The summed E-state index contributed by atoms with van der Waals surface area (Å²) in [5.41, 5.74) is 2.65. The summed E-state index contributed by atoms with van der Waals surface area (Å²) in [5.74, 6) is 0.845. The molecular weight excluding hydrogens is 428 g/mol. The molecule has 0 saturated carbocycles. The molecule has 184 valence electrons. The summed E-state index contributed by atoms with van der Waals surface area (Å²) in [6.45, 7) is 12.8. The number of fused-ring (bicyclic) bond motifs is 1. The maximum atomic E-state index is 13.1. The van der Waals surface area contributed by atoms with Crippen LogP contribution >= 0.6 is 0 Å². The highest BCUT2D eigenvalue weighted by atomic mass is 16.5. The standard InChI is InChI=1S/C26H38N6O2/c1-6-18-11-12-22-19(14-18)15-20(25(33)27-22)16-31(17-21-10-9-13-34-21)23(7-2)24-28-29-30-32(24)26(4,5)8-3/h11-12,14-15,21,23H,6-10,13,16-17H2,1-5H3,(H,27,33). The second-order valence-corrected chi connectivity index (χ2v) is 10.0. The maximum absolute atomic E-state index is 13.1. The van der Waals surface area contributed by atoms with Gasteiger partial charge in [0.15, 0.2) is 5.82 Å². The van der Waals surface area contributed by atoms with Crippen LogP contribution in [0.4, 0.5) is 0 Å². The van der Waals surface area contributed by atoms with Crippen molar-refractivity contribution in [2.45, 2.75) is 91.0 Å². The van der Waals surface area contributed by atoms with Gasteiger partial charge in [-0.1, -0.05) is 26.8 Å². The first kappa shape index (κ1) is 24.5. The summed E-state index contributed by atoms with van der Waals surface area (Å²) in [5, 5.41) is 13.9. The number of nitrogens with one attached hydrogen (secondary N) is 1. The van der Waals surface area contributed by atoms with Crippen LogP contribution in [0.5, 0.6) is 0 Å². The van der Waals surface area contributed by atoms with Gasteiger partial charge in [-0.15, -0.1) is 5.10 Å². The fourth-order valence-corrected chi connectivity index (χ4v) is 4.80. The van der Waals surface area contributed by atoms with E-state index in [4.69, 9.17) is 4.74 Å². The van der Waals surface area contributed by atoms with Gasteiger partial charge in [-0.3, -0.25) is 9.69 Å². The molecule has 0 amide bonds. The third-order valence-electron chi connectivity index (χ3n) is 7.29. The van der Waals surface area contributed by atoms with Gasteiger partial charge in [0, 0.05) is 30.8 Å². The van der Waals surface area contributed by atoms with Crippen molar-refractivity contribution in [2.24, 2.45) is 0 Å². The quantitative estimate of drug-likeness (QED) is 0.478. The maximum Gasteiger partial charge on any atom is 0.252 e. The Bertz CT molecular complexity index is 1160. The summed E-state index contributed by atoms with van der Waals surface area (Å²) in [4.78, 5) is 18.5. The summed E-state index contributed by atoms with van der Waals surface area (Å²) in [6.07, 6.45) is 4.97. The first-order valence-corrected chi connectivity index (χ1v) is 12.7. The first-order chi connectivity index (χ1) is 16.4. The van der Waals surface area contributed by atoms with E-state index >= 15 is 0 Å². The molecule has 2 aromatic heterocycles. The minimum atomic E-state index is -0.196. The highest BCUT2D eigenvalue weighted by Gasteiger charge is 2.32. The van der Waals surface area contributed by atoms with Crippen LogP contribution in [-0.2, 0) is 23.2 Å². The van der Waals surface area contributed by atoms with Gasteiger partial charge in [0.1, 0.15) is 0 Å². The monoisotopic (exact) mass is 466 g/mol. The van der Waals surface area contributed by atoms with Gasteiger partial charge in [-0.2, -0.15) is 0 Å². The molecule has 0 aliphatic carbocycles. The van der Waals surface area contributed by atoms with Gasteiger partial charge in [-0.05, 0) is 85.5 Å². The molecule has 3 heterocycles. The normalized spacial score (nSPS) is 17.6. The lowest BCUT2D eigenvalue weighted by atomic mass is 10.0.